The standard InChI is InChI=1S/C49H67NO9Si3/c1-45(2,3)61(38-24-16-12-17-25-38,39-26-18-13-19-27-39)55-35-42-48(36-50-59-62(46(4,5)6,40-28-20-14-21-29-40)41-30-22-15-23-31-41)49(52,44(51)56-42)43(57-47(7,8)58-48)34-54-37-53-32-33-60(9,10)11/h12-31,36,42-43,52H,32-35,37H2,1-11H3/b50-36+/t42-,43-,48+,49+/m1/s1. The van der Waals surface area contributed by atoms with E-state index in [9.17, 15) is 9.90 Å². The molecule has 0 aromatic heterocycles. The maximum Gasteiger partial charge on any atom is 0.354 e. The van der Waals surface area contributed by atoms with Crippen LogP contribution in [0.15, 0.2) is 126 Å². The molecule has 334 valence electrons. The Kier molecular flexibility index (Phi) is 14.1. The Labute approximate surface area is 372 Å². The molecule has 4 atom stereocenters. The number of ether oxygens (including phenoxy) is 5. The molecule has 4 aromatic rings. The lowest BCUT2D eigenvalue weighted by atomic mass is 9.76. The van der Waals surface area contributed by atoms with Crippen LogP contribution in [-0.2, 0) is 37.4 Å². The van der Waals surface area contributed by atoms with Crippen LogP contribution in [0.5, 0.6) is 0 Å². The minimum Gasteiger partial charge on any atom is -0.454 e. The Morgan fingerprint density at radius 3 is 1.56 bits per heavy atom. The Hall–Kier alpha value is -3.77. The van der Waals surface area contributed by atoms with Gasteiger partial charge >= 0.3 is 14.3 Å². The van der Waals surface area contributed by atoms with Gasteiger partial charge in [0.1, 0.15) is 12.9 Å². The normalized spacial score (nSPS) is 23.3. The summed E-state index contributed by atoms with van der Waals surface area (Å²) >= 11 is 0. The highest BCUT2D eigenvalue weighted by Crippen LogP contribution is 2.50. The van der Waals surface area contributed by atoms with Crippen LogP contribution in [0, 0.1) is 0 Å². The molecule has 2 aliphatic heterocycles. The molecule has 0 unspecified atom stereocenters. The molecule has 6 rings (SSSR count). The molecule has 0 aliphatic carbocycles. The predicted molar refractivity (Wildman–Crippen MR) is 253 cm³/mol. The van der Waals surface area contributed by atoms with E-state index in [4.69, 9.17) is 37.8 Å². The van der Waals surface area contributed by atoms with E-state index in [1.54, 1.807) is 13.8 Å². The van der Waals surface area contributed by atoms with Gasteiger partial charge in [0.05, 0.1) is 19.4 Å². The van der Waals surface area contributed by atoms with Gasteiger partial charge in [0.15, 0.2) is 17.5 Å². The number of nitrogens with zero attached hydrogens (tertiary/aromatic N) is 1. The summed E-state index contributed by atoms with van der Waals surface area (Å²) in [6.45, 7) is 23.5. The zero-order chi connectivity index (χ0) is 45.1. The summed E-state index contributed by atoms with van der Waals surface area (Å²) in [5.41, 5.74) is -4.42. The Morgan fingerprint density at radius 2 is 1.13 bits per heavy atom. The second-order valence-corrected chi connectivity index (χ2v) is 34.4. The molecule has 0 spiro atoms. The van der Waals surface area contributed by atoms with Crippen molar-refractivity contribution in [2.75, 3.05) is 26.6 Å². The number of carbonyl (C=O) groups excluding carboxylic acids is 1. The summed E-state index contributed by atoms with van der Waals surface area (Å²) in [4.78, 5) is 14.6. The summed E-state index contributed by atoms with van der Waals surface area (Å²) < 4.78 is 45.9. The predicted octanol–water partition coefficient (Wildman–Crippen LogP) is 7.00. The number of rotatable bonds is 17. The van der Waals surface area contributed by atoms with Crippen LogP contribution in [0.4, 0.5) is 0 Å². The molecule has 0 amide bonds. The molecule has 2 aliphatic rings. The smallest absolute Gasteiger partial charge is 0.354 e. The van der Waals surface area contributed by atoms with E-state index < -0.39 is 70.0 Å². The molecular formula is C49H67NO9Si3. The van der Waals surface area contributed by atoms with E-state index in [0.29, 0.717) is 6.61 Å². The molecule has 4 aromatic carbocycles. The van der Waals surface area contributed by atoms with Gasteiger partial charge in [0.2, 0.25) is 5.60 Å². The average Bonchev–Trinajstić information content (AvgIpc) is 3.42. The van der Waals surface area contributed by atoms with Gasteiger partial charge in [-0.3, -0.25) is 0 Å². The summed E-state index contributed by atoms with van der Waals surface area (Å²) in [6, 6.07) is 41.7. The van der Waals surface area contributed by atoms with Crippen molar-refractivity contribution < 1.29 is 42.5 Å². The second-order valence-electron chi connectivity index (χ2n) is 20.2. The van der Waals surface area contributed by atoms with Crippen molar-refractivity contribution >= 4 is 57.6 Å². The highest BCUT2D eigenvalue weighted by atomic mass is 28.4. The zero-order valence-electron chi connectivity index (χ0n) is 38.5. The van der Waals surface area contributed by atoms with Gasteiger partial charge in [0.25, 0.3) is 8.32 Å². The number of hydrogen-bond acceptors (Lipinski definition) is 10. The van der Waals surface area contributed by atoms with Gasteiger partial charge in [0, 0.05) is 19.7 Å². The zero-order valence-corrected chi connectivity index (χ0v) is 41.5. The Balaban J connectivity index is 1.48. The van der Waals surface area contributed by atoms with Crippen LogP contribution in [0.25, 0.3) is 0 Å². The molecule has 2 heterocycles. The first-order valence-corrected chi connectivity index (χ1v) is 29.2. The molecule has 13 heteroatoms. The van der Waals surface area contributed by atoms with Crippen molar-refractivity contribution in [3.8, 4) is 0 Å². The average molecular weight is 898 g/mol. The van der Waals surface area contributed by atoms with Gasteiger partial charge in [-0.2, -0.15) is 0 Å². The van der Waals surface area contributed by atoms with E-state index in [0.717, 1.165) is 26.8 Å². The van der Waals surface area contributed by atoms with E-state index >= 15 is 0 Å². The van der Waals surface area contributed by atoms with Crippen LogP contribution < -0.4 is 20.7 Å². The van der Waals surface area contributed by atoms with Crippen molar-refractivity contribution in [1.82, 2.24) is 0 Å². The third-order valence-corrected chi connectivity index (χ3v) is 23.6. The molecule has 2 fully saturated rings. The number of cyclic esters (lactones) is 1. The minimum atomic E-state index is -3.26. The fourth-order valence-corrected chi connectivity index (χ4v) is 18.4. The number of carbonyl (C=O) groups is 1. The lowest BCUT2D eigenvalue weighted by molar-refractivity contribution is -0.374. The maximum atomic E-state index is 14.6. The SMILES string of the molecule is CC1(C)O[C@H](COCOCC[Si](C)(C)C)[C@]2(O)C(=O)O[C@H](CO[Si](c3ccccc3)(c3ccccc3)C(C)(C)C)[C@]2(/C=N/O[Si](c2ccccc2)(c2ccccc2)C(C)(C)C)O1. The third kappa shape index (κ3) is 9.24. The number of benzene rings is 4. The largest absolute Gasteiger partial charge is 0.454 e. The summed E-state index contributed by atoms with van der Waals surface area (Å²) in [5, 5.41) is 21.3. The van der Waals surface area contributed by atoms with Gasteiger partial charge in [-0.1, -0.05) is 183 Å². The van der Waals surface area contributed by atoms with Crippen molar-refractivity contribution in [3.63, 3.8) is 0 Å². The topological polar surface area (TPSA) is 114 Å². The first-order valence-electron chi connectivity index (χ1n) is 21.7. The number of aliphatic hydroxyl groups is 1. The van der Waals surface area contributed by atoms with Gasteiger partial charge in [-0.25, -0.2) is 4.79 Å². The molecule has 62 heavy (non-hydrogen) atoms. The maximum absolute atomic E-state index is 14.6. The number of esters is 1. The van der Waals surface area contributed by atoms with Crippen molar-refractivity contribution in [3.05, 3.63) is 121 Å². The monoisotopic (exact) mass is 897 g/mol. The molecule has 1 N–H and O–H groups in total. The van der Waals surface area contributed by atoms with Crippen molar-refractivity contribution in [1.29, 1.82) is 0 Å². The molecule has 0 bridgehead atoms. The first kappa shape index (κ1) is 47.7. The van der Waals surface area contributed by atoms with Crippen LogP contribution in [0.2, 0.25) is 35.8 Å². The van der Waals surface area contributed by atoms with Crippen LogP contribution in [0.3, 0.4) is 0 Å². The van der Waals surface area contributed by atoms with Crippen LogP contribution >= 0.6 is 0 Å². The molecule has 2 saturated heterocycles. The lowest BCUT2D eigenvalue weighted by Crippen LogP contribution is -2.75. The van der Waals surface area contributed by atoms with Gasteiger partial charge < -0.3 is 37.7 Å². The quantitative estimate of drug-likeness (QED) is 0.0299. The van der Waals surface area contributed by atoms with Crippen molar-refractivity contribution in [2.45, 2.75) is 120 Å². The van der Waals surface area contributed by atoms with Crippen LogP contribution in [-0.4, -0.2) is 97.8 Å². The number of oxime groups is 1. The lowest BCUT2D eigenvalue weighted by Gasteiger charge is -2.52. The fraction of sp³-hybridized carbons (Fsp3) is 0.469. The van der Waals surface area contributed by atoms with E-state index in [1.165, 1.54) is 6.21 Å². The number of hydrogen-bond donors (Lipinski definition) is 1. The summed E-state index contributed by atoms with van der Waals surface area (Å²) in [7, 11) is -7.79. The first-order chi connectivity index (χ1) is 29.1. The van der Waals surface area contributed by atoms with Crippen LogP contribution in [0.1, 0.15) is 55.4 Å². The van der Waals surface area contributed by atoms with Crippen molar-refractivity contribution in [2.24, 2.45) is 5.16 Å². The summed E-state index contributed by atoms with van der Waals surface area (Å²) in [6.07, 6.45) is -1.03. The molecule has 0 radical (unpaired) electrons. The molecule has 0 saturated carbocycles. The summed E-state index contributed by atoms with van der Waals surface area (Å²) in [5.74, 6) is -2.30. The highest BCUT2D eigenvalue weighted by molar-refractivity contribution is 7.00. The molecular weight excluding hydrogens is 831 g/mol. The van der Waals surface area contributed by atoms with Gasteiger partial charge in [-0.15, -0.1) is 5.16 Å². The second kappa shape index (κ2) is 18.4. The third-order valence-electron chi connectivity index (χ3n) is 12.1. The Morgan fingerprint density at radius 1 is 0.677 bits per heavy atom. The molecule has 10 nitrogen and oxygen atoms in total. The highest BCUT2D eigenvalue weighted by Gasteiger charge is 2.77. The van der Waals surface area contributed by atoms with E-state index in [1.807, 2.05) is 72.8 Å². The fourth-order valence-electron chi connectivity index (χ4n) is 9.04. The van der Waals surface area contributed by atoms with Gasteiger partial charge in [-0.05, 0) is 45.7 Å². The Bertz CT molecular complexity index is 2030. The minimum absolute atomic E-state index is 0.0464. The van der Waals surface area contributed by atoms with E-state index in [-0.39, 0.29) is 20.0 Å². The van der Waals surface area contributed by atoms with E-state index in [2.05, 4.69) is 110 Å². The number of fused-ring (bicyclic) bond motifs is 1.